The van der Waals surface area contributed by atoms with Crippen molar-refractivity contribution in [3.05, 3.63) is 46.8 Å². The van der Waals surface area contributed by atoms with Gasteiger partial charge in [-0.15, -0.1) is 0 Å². The molecule has 156 valence electrons. The number of carbonyl (C=O) groups is 2. The highest BCUT2D eigenvalue weighted by Crippen LogP contribution is 2.35. The number of primary amides is 1. The number of halogens is 3. The van der Waals surface area contributed by atoms with Crippen LogP contribution in [0.25, 0.3) is 11.1 Å². The minimum absolute atomic E-state index is 0.161. The number of aromatic nitrogens is 1. The second kappa shape index (κ2) is 7.93. The van der Waals surface area contributed by atoms with Gasteiger partial charge in [0.15, 0.2) is 0 Å². The maximum Gasteiger partial charge on any atom is 0.416 e. The first-order chi connectivity index (χ1) is 13.6. The second-order valence-electron chi connectivity index (χ2n) is 7.35. The van der Waals surface area contributed by atoms with Gasteiger partial charge in [0.05, 0.1) is 11.1 Å². The van der Waals surface area contributed by atoms with Gasteiger partial charge in [-0.1, -0.05) is 12.1 Å². The average Bonchev–Trinajstić information content (AvgIpc) is 3.16. The highest BCUT2D eigenvalue weighted by atomic mass is 19.4. The number of nitrogens with zero attached hydrogens (tertiary/aromatic N) is 2. The van der Waals surface area contributed by atoms with Crippen LogP contribution in [0.5, 0.6) is 0 Å². The Morgan fingerprint density at radius 2 is 1.76 bits per heavy atom. The standard InChI is InChI=1S/C21H24F3N3O2/c1-13-18(15-6-8-16(9-7-15)21(22,23)24)19(20(25)29)14(2)27(13)12-4-11-26-10-3-5-17(26)28/h6-9H,3-5,10-12H2,1-2H3,(H2,25,29). The predicted octanol–water partition coefficient (Wildman–Crippen LogP) is 3.90. The fourth-order valence-corrected chi connectivity index (χ4v) is 4.06. The molecule has 2 amide bonds. The number of hydrogen-bond donors (Lipinski definition) is 1. The Morgan fingerprint density at radius 3 is 2.28 bits per heavy atom. The van der Waals surface area contributed by atoms with Crippen LogP contribution in [0.15, 0.2) is 24.3 Å². The SMILES string of the molecule is Cc1c(C(N)=O)c(-c2ccc(C(F)(F)F)cc2)c(C)n1CCCN1CCCC1=O. The van der Waals surface area contributed by atoms with Crippen molar-refractivity contribution in [2.24, 2.45) is 5.73 Å². The van der Waals surface area contributed by atoms with Crippen molar-refractivity contribution >= 4 is 11.8 Å². The first-order valence-corrected chi connectivity index (χ1v) is 9.56. The van der Waals surface area contributed by atoms with Crippen molar-refractivity contribution in [3.63, 3.8) is 0 Å². The topological polar surface area (TPSA) is 68.3 Å². The third-order valence-electron chi connectivity index (χ3n) is 5.51. The molecule has 1 saturated heterocycles. The van der Waals surface area contributed by atoms with Gasteiger partial charge in [0, 0.05) is 43.0 Å². The van der Waals surface area contributed by atoms with E-state index in [-0.39, 0.29) is 5.91 Å². The number of likely N-dealkylation sites (tertiary alicyclic amines) is 1. The molecule has 0 bridgehead atoms. The highest BCUT2D eigenvalue weighted by Gasteiger charge is 2.30. The third kappa shape index (κ3) is 4.16. The van der Waals surface area contributed by atoms with E-state index in [1.54, 1.807) is 6.92 Å². The van der Waals surface area contributed by atoms with E-state index in [0.717, 1.165) is 30.8 Å². The molecule has 1 aliphatic rings. The summed E-state index contributed by atoms with van der Waals surface area (Å²) in [6.45, 7) is 5.60. The Hall–Kier alpha value is -2.77. The van der Waals surface area contributed by atoms with Gasteiger partial charge in [-0.3, -0.25) is 9.59 Å². The Morgan fingerprint density at radius 1 is 1.10 bits per heavy atom. The van der Waals surface area contributed by atoms with E-state index < -0.39 is 17.6 Å². The highest BCUT2D eigenvalue weighted by molar-refractivity contribution is 6.02. The molecule has 3 rings (SSSR count). The molecule has 0 unspecified atom stereocenters. The predicted molar refractivity (Wildman–Crippen MR) is 103 cm³/mol. The lowest BCUT2D eigenvalue weighted by Crippen LogP contribution is -2.26. The van der Waals surface area contributed by atoms with Crippen molar-refractivity contribution in [1.29, 1.82) is 0 Å². The van der Waals surface area contributed by atoms with E-state index in [9.17, 15) is 22.8 Å². The summed E-state index contributed by atoms with van der Waals surface area (Å²) in [5.74, 6) is -0.455. The first kappa shape index (κ1) is 21.0. The minimum Gasteiger partial charge on any atom is -0.366 e. The summed E-state index contributed by atoms with van der Waals surface area (Å²) in [4.78, 5) is 25.7. The van der Waals surface area contributed by atoms with Gasteiger partial charge in [-0.05, 0) is 44.4 Å². The van der Waals surface area contributed by atoms with E-state index in [1.165, 1.54) is 12.1 Å². The van der Waals surface area contributed by atoms with Gasteiger partial charge < -0.3 is 15.2 Å². The number of rotatable bonds is 6. The summed E-state index contributed by atoms with van der Waals surface area (Å²) in [5, 5.41) is 0. The molecule has 2 aromatic rings. The van der Waals surface area contributed by atoms with Crippen LogP contribution in [0.4, 0.5) is 13.2 Å². The van der Waals surface area contributed by atoms with Gasteiger partial charge in [-0.25, -0.2) is 0 Å². The van der Waals surface area contributed by atoms with Gasteiger partial charge >= 0.3 is 6.18 Å². The Balaban J connectivity index is 1.90. The molecule has 8 heteroatoms. The lowest BCUT2D eigenvalue weighted by molar-refractivity contribution is -0.137. The number of benzene rings is 1. The molecule has 2 heterocycles. The lowest BCUT2D eigenvalue weighted by atomic mass is 9.99. The van der Waals surface area contributed by atoms with Crippen molar-refractivity contribution in [2.45, 2.75) is 45.8 Å². The van der Waals surface area contributed by atoms with Crippen LogP contribution in [0.2, 0.25) is 0 Å². The molecular weight excluding hydrogens is 383 g/mol. The number of carbonyl (C=O) groups excluding carboxylic acids is 2. The fraction of sp³-hybridized carbons (Fsp3) is 0.429. The summed E-state index contributed by atoms with van der Waals surface area (Å²) in [7, 11) is 0. The van der Waals surface area contributed by atoms with Crippen LogP contribution in [-0.4, -0.2) is 34.4 Å². The maximum atomic E-state index is 12.9. The van der Waals surface area contributed by atoms with Gasteiger partial charge in [0.25, 0.3) is 5.91 Å². The average molecular weight is 407 g/mol. The van der Waals surface area contributed by atoms with E-state index in [2.05, 4.69) is 0 Å². The van der Waals surface area contributed by atoms with E-state index in [4.69, 9.17) is 5.73 Å². The van der Waals surface area contributed by atoms with Crippen LogP contribution < -0.4 is 5.73 Å². The smallest absolute Gasteiger partial charge is 0.366 e. The Labute approximate surface area is 167 Å². The van der Waals surface area contributed by atoms with Crippen LogP contribution >= 0.6 is 0 Å². The van der Waals surface area contributed by atoms with Gasteiger partial charge in [0.2, 0.25) is 5.91 Å². The Kier molecular flexibility index (Phi) is 5.73. The van der Waals surface area contributed by atoms with Crippen molar-refractivity contribution in [1.82, 2.24) is 9.47 Å². The van der Waals surface area contributed by atoms with Crippen LogP contribution in [-0.2, 0) is 17.5 Å². The third-order valence-corrected chi connectivity index (χ3v) is 5.51. The normalized spacial score (nSPS) is 14.7. The molecule has 0 atom stereocenters. The number of hydrogen-bond acceptors (Lipinski definition) is 2. The van der Waals surface area contributed by atoms with E-state index >= 15 is 0 Å². The molecule has 1 fully saturated rings. The Bertz CT molecular complexity index is 930. The minimum atomic E-state index is -4.42. The summed E-state index contributed by atoms with van der Waals surface area (Å²) in [5.41, 5.74) is 7.69. The zero-order chi connectivity index (χ0) is 21.3. The van der Waals surface area contributed by atoms with E-state index in [1.807, 2.05) is 16.4 Å². The lowest BCUT2D eigenvalue weighted by Gasteiger charge is -2.16. The van der Waals surface area contributed by atoms with Crippen LogP contribution in [0, 0.1) is 13.8 Å². The molecule has 1 aliphatic heterocycles. The number of alkyl halides is 3. The summed E-state index contributed by atoms with van der Waals surface area (Å²) >= 11 is 0. The largest absolute Gasteiger partial charge is 0.416 e. The molecule has 29 heavy (non-hydrogen) atoms. The maximum absolute atomic E-state index is 12.9. The van der Waals surface area contributed by atoms with E-state index in [0.29, 0.717) is 48.3 Å². The molecular formula is C21H24F3N3O2. The van der Waals surface area contributed by atoms with Crippen LogP contribution in [0.1, 0.15) is 46.6 Å². The molecule has 0 aliphatic carbocycles. The van der Waals surface area contributed by atoms with Crippen molar-refractivity contribution < 1.29 is 22.8 Å². The molecule has 5 nitrogen and oxygen atoms in total. The van der Waals surface area contributed by atoms with Crippen LogP contribution in [0.3, 0.4) is 0 Å². The molecule has 2 N–H and O–H groups in total. The molecule has 0 radical (unpaired) electrons. The molecule has 0 spiro atoms. The zero-order valence-corrected chi connectivity index (χ0v) is 16.5. The summed E-state index contributed by atoms with van der Waals surface area (Å²) in [6, 6.07) is 4.74. The summed E-state index contributed by atoms with van der Waals surface area (Å²) < 4.78 is 40.5. The summed E-state index contributed by atoms with van der Waals surface area (Å²) in [6.07, 6.45) is -2.24. The fourth-order valence-electron chi connectivity index (χ4n) is 4.06. The number of nitrogens with two attached hydrogens (primary N) is 1. The monoisotopic (exact) mass is 407 g/mol. The quantitative estimate of drug-likeness (QED) is 0.789. The number of amides is 2. The first-order valence-electron chi connectivity index (χ1n) is 9.56. The van der Waals surface area contributed by atoms with Crippen molar-refractivity contribution in [2.75, 3.05) is 13.1 Å². The molecule has 1 aromatic carbocycles. The van der Waals surface area contributed by atoms with Gasteiger partial charge in [-0.2, -0.15) is 13.2 Å². The second-order valence-corrected chi connectivity index (χ2v) is 7.35. The van der Waals surface area contributed by atoms with Gasteiger partial charge in [0.1, 0.15) is 0 Å². The zero-order valence-electron chi connectivity index (χ0n) is 16.5. The van der Waals surface area contributed by atoms with Crippen molar-refractivity contribution in [3.8, 4) is 11.1 Å². The molecule has 1 aromatic heterocycles. The molecule has 0 saturated carbocycles.